The molecule has 0 aliphatic heterocycles. The third-order valence-corrected chi connectivity index (χ3v) is 4.91. The Bertz CT molecular complexity index is 473. The molecule has 1 saturated carbocycles. The summed E-state index contributed by atoms with van der Waals surface area (Å²) in [4.78, 5) is 13.3. The first-order valence-corrected chi connectivity index (χ1v) is 8.49. The van der Waals surface area contributed by atoms with Crippen LogP contribution in [-0.4, -0.2) is 29.9 Å². The number of halogens is 1. The van der Waals surface area contributed by atoms with Crippen LogP contribution in [0.3, 0.4) is 0 Å². The molecule has 3 nitrogen and oxygen atoms in total. The van der Waals surface area contributed by atoms with Gasteiger partial charge in [0.05, 0.1) is 10.6 Å². The number of aliphatic hydroxyl groups is 1. The van der Waals surface area contributed by atoms with E-state index >= 15 is 0 Å². The molecule has 1 aromatic carbocycles. The van der Waals surface area contributed by atoms with Crippen LogP contribution < -0.4 is 5.32 Å². The molecule has 0 radical (unpaired) electrons. The van der Waals surface area contributed by atoms with Crippen molar-refractivity contribution < 1.29 is 9.90 Å². The zero-order valence-corrected chi connectivity index (χ0v) is 13.1. The summed E-state index contributed by atoms with van der Waals surface area (Å²) in [7, 11) is 0. The van der Waals surface area contributed by atoms with Crippen molar-refractivity contribution in [2.24, 2.45) is 5.92 Å². The van der Waals surface area contributed by atoms with Gasteiger partial charge in [-0.3, -0.25) is 4.79 Å². The smallest absolute Gasteiger partial charge is 0.253 e. The van der Waals surface area contributed by atoms with Gasteiger partial charge in [0.25, 0.3) is 5.91 Å². The normalized spacial score (nSPS) is 22.6. The van der Waals surface area contributed by atoms with Crippen LogP contribution in [0.25, 0.3) is 0 Å². The van der Waals surface area contributed by atoms with E-state index in [9.17, 15) is 4.79 Å². The first-order chi connectivity index (χ1) is 9.63. The molecule has 110 valence electrons. The van der Waals surface area contributed by atoms with E-state index in [0.717, 1.165) is 30.6 Å². The van der Waals surface area contributed by atoms with Gasteiger partial charge in [0.1, 0.15) is 0 Å². The number of benzene rings is 1. The minimum atomic E-state index is -0.0988. The average molecular weight is 314 g/mol. The lowest BCUT2D eigenvalue weighted by atomic mass is 9.86. The highest BCUT2D eigenvalue weighted by Crippen LogP contribution is 2.26. The van der Waals surface area contributed by atoms with Crippen LogP contribution in [-0.2, 0) is 0 Å². The lowest BCUT2D eigenvalue weighted by Crippen LogP contribution is -2.38. The Balaban J connectivity index is 1.98. The van der Waals surface area contributed by atoms with Gasteiger partial charge >= 0.3 is 0 Å². The highest BCUT2D eigenvalue weighted by atomic mass is 35.5. The lowest BCUT2D eigenvalue weighted by Gasteiger charge is -2.28. The second-order valence-corrected chi connectivity index (χ2v) is 6.51. The second kappa shape index (κ2) is 7.34. The summed E-state index contributed by atoms with van der Waals surface area (Å²) in [6.07, 6.45) is 5.77. The zero-order valence-electron chi connectivity index (χ0n) is 11.6. The standard InChI is InChI=1S/C15H20ClNO2S/c1-20-12-6-7-14(16)13(8-12)15(19)17-11-4-2-10(9-18)3-5-11/h6-8,10-11,18H,2-5,9H2,1H3,(H,17,19). The van der Waals surface area contributed by atoms with Crippen molar-refractivity contribution in [3.8, 4) is 0 Å². The van der Waals surface area contributed by atoms with Crippen molar-refractivity contribution in [2.75, 3.05) is 12.9 Å². The molecule has 2 N–H and O–H groups in total. The molecule has 5 heteroatoms. The summed E-state index contributed by atoms with van der Waals surface area (Å²) in [6, 6.07) is 5.71. The first kappa shape index (κ1) is 15.7. The maximum atomic E-state index is 12.3. The van der Waals surface area contributed by atoms with Crippen LogP contribution in [0.5, 0.6) is 0 Å². The van der Waals surface area contributed by atoms with E-state index in [1.165, 1.54) is 0 Å². The van der Waals surface area contributed by atoms with E-state index in [1.54, 1.807) is 17.8 Å². The SMILES string of the molecule is CSc1ccc(Cl)c(C(=O)NC2CCC(CO)CC2)c1. The summed E-state index contributed by atoms with van der Waals surface area (Å²) < 4.78 is 0. The Morgan fingerprint density at radius 3 is 2.70 bits per heavy atom. The topological polar surface area (TPSA) is 49.3 Å². The molecule has 0 unspecified atom stereocenters. The third-order valence-electron chi connectivity index (χ3n) is 3.86. The van der Waals surface area contributed by atoms with Gasteiger partial charge < -0.3 is 10.4 Å². The van der Waals surface area contributed by atoms with Gasteiger partial charge in [0.15, 0.2) is 0 Å². The van der Waals surface area contributed by atoms with E-state index in [2.05, 4.69) is 5.32 Å². The molecule has 0 atom stereocenters. The molecule has 1 aliphatic rings. The van der Waals surface area contributed by atoms with Crippen LogP contribution in [0.15, 0.2) is 23.1 Å². The Labute approximate surface area is 129 Å². The summed E-state index contributed by atoms with van der Waals surface area (Å²) in [5.41, 5.74) is 0.544. The van der Waals surface area contributed by atoms with Crippen LogP contribution in [0.4, 0.5) is 0 Å². The molecular weight excluding hydrogens is 294 g/mol. The molecule has 1 amide bonds. The molecule has 1 aromatic rings. The lowest BCUT2D eigenvalue weighted by molar-refractivity contribution is 0.0914. The molecule has 0 aromatic heterocycles. The van der Waals surface area contributed by atoms with Gasteiger partial charge in [-0.05, 0) is 56.1 Å². The van der Waals surface area contributed by atoms with Gasteiger partial charge in [-0.2, -0.15) is 0 Å². The minimum absolute atomic E-state index is 0.0988. The number of carbonyl (C=O) groups is 1. The van der Waals surface area contributed by atoms with Crippen LogP contribution in [0.1, 0.15) is 36.0 Å². The van der Waals surface area contributed by atoms with Gasteiger partial charge in [-0.1, -0.05) is 11.6 Å². The fourth-order valence-corrected chi connectivity index (χ4v) is 3.20. The molecule has 0 saturated heterocycles. The number of rotatable bonds is 4. The molecule has 2 rings (SSSR count). The number of thioether (sulfide) groups is 1. The molecular formula is C15H20ClNO2S. The van der Waals surface area contributed by atoms with Crippen molar-refractivity contribution in [1.82, 2.24) is 5.32 Å². The highest BCUT2D eigenvalue weighted by Gasteiger charge is 2.23. The van der Waals surface area contributed by atoms with Gasteiger partial charge in [-0.25, -0.2) is 0 Å². The Kier molecular flexibility index (Phi) is 5.75. The van der Waals surface area contributed by atoms with Crippen molar-refractivity contribution in [1.29, 1.82) is 0 Å². The molecule has 0 spiro atoms. The number of hydrogen-bond acceptors (Lipinski definition) is 3. The molecule has 1 aliphatic carbocycles. The van der Waals surface area contributed by atoms with E-state index in [0.29, 0.717) is 16.5 Å². The third kappa shape index (κ3) is 3.90. The maximum Gasteiger partial charge on any atom is 0.253 e. The monoisotopic (exact) mass is 313 g/mol. The maximum absolute atomic E-state index is 12.3. The van der Waals surface area contributed by atoms with Crippen molar-refractivity contribution in [2.45, 2.75) is 36.6 Å². The predicted molar refractivity (Wildman–Crippen MR) is 83.5 cm³/mol. The van der Waals surface area contributed by atoms with Crippen molar-refractivity contribution in [3.63, 3.8) is 0 Å². The first-order valence-electron chi connectivity index (χ1n) is 6.89. The minimum Gasteiger partial charge on any atom is -0.396 e. The van der Waals surface area contributed by atoms with Crippen LogP contribution in [0, 0.1) is 5.92 Å². The van der Waals surface area contributed by atoms with E-state index < -0.39 is 0 Å². The fraction of sp³-hybridized carbons (Fsp3) is 0.533. The summed E-state index contributed by atoms with van der Waals surface area (Å²) in [6.45, 7) is 0.252. The summed E-state index contributed by atoms with van der Waals surface area (Å²) in [5, 5.41) is 12.7. The predicted octanol–water partition coefficient (Wildman–Crippen LogP) is 3.34. The Hall–Kier alpha value is -0.710. The highest BCUT2D eigenvalue weighted by molar-refractivity contribution is 7.98. The van der Waals surface area contributed by atoms with Gasteiger partial charge in [-0.15, -0.1) is 11.8 Å². The number of nitrogens with one attached hydrogen (secondary N) is 1. The molecule has 0 heterocycles. The summed E-state index contributed by atoms with van der Waals surface area (Å²) in [5.74, 6) is 0.296. The molecule has 0 bridgehead atoms. The molecule has 1 fully saturated rings. The van der Waals surface area contributed by atoms with Crippen LogP contribution in [0.2, 0.25) is 5.02 Å². The van der Waals surface area contributed by atoms with Crippen LogP contribution >= 0.6 is 23.4 Å². The molecule has 20 heavy (non-hydrogen) atoms. The van der Waals surface area contributed by atoms with Gasteiger partial charge in [0.2, 0.25) is 0 Å². The van der Waals surface area contributed by atoms with E-state index in [-0.39, 0.29) is 18.6 Å². The zero-order chi connectivity index (χ0) is 14.5. The van der Waals surface area contributed by atoms with E-state index in [1.807, 2.05) is 18.4 Å². The number of aliphatic hydroxyl groups excluding tert-OH is 1. The quantitative estimate of drug-likeness (QED) is 0.838. The number of hydrogen-bond donors (Lipinski definition) is 2. The number of carbonyl (C=O) groups excluding carboxylic acids is 1. The summed E-state index contributed by atoms with van der Waals surface area (Å²) >= 11 is 7.70. The van der Waals surface area contributed by atoms with Crippen molar-refractivity contribution >= 4 is 29.3 Å². The average Bonchev–Trinajstić information content (AvgIpc) is 2.48. The number of amides is 1. The van der Waals surface area contributed by atoms with E-state index in [4.69, 9.17) is 16.7 Å². The second-order valence-electron chi connectivity index (χ2n) is 5.22. The van der Waals surface area contributed by atoms with Crippen molar-refractivity contribution in [3.05, 3.63) is 28.8 Å². The largest absolute Gasteiger partial charge is 0.396 e. The Morgan fingerprint density at radius 1 is 1.40 bits per heavy atom. The Morgan fingerprint density at radius 2 is 2.10 bits per heavy atom. The fourth-order valence-electron chi connectivity index (χ4n) is 2.56. The van der Waals surface area contributed by atoms with Gasteiger partial charge in [0, 0.05) is 17.5 Å².